The Bertz CT molecular complexity index is 397. The van der Waals surface area contributed by atoms with Crippen LogP contribution in [0.15, 0.2) is 17.3 Å². The van der Waals surface area contributed by atoms with Gasteiger partial charge in [-0.25, -0.2) is 0 Å². The standard InChI is InChI=1S/C12H23N5S/c1-12(2,18-5)9-15-11(13-3)14-8-10-6-7-16-17(10)4/h6-7H,8-9H2,1-5H3,(H2,13,14,15). The van der Waals surface area contributed by atoms with Gasteiger partial charge in [0.1, 0.15) is 0 Å². The molecule has 0 bridgehead atoms. The molecule has 1 aromatic heterocycles. The van der Waals surface area contributed by atoms with Gasteiger partial charge < -0.3 is 10.6 Å². The minimum absolute atomic E-state index is 0.199. The van der Waals surface area contributed by atoms with Crippen LogP contribution in [-0.4, -0.2) is 40.3 Å². The molecule has 6 heteroatoms. The predicted octanol–water partition coefficient (Wildman–Crippen LogP) is 1.23. The highest BCUT2D eigenvalue weighted by Gasteiger charge is 2.16. The van der Waals surface area contributed by atoms with Crippen molar-refractivity contribution >= 4 is 17.7 Å². The maximum Gasteiger partial charge on any atom is 0.191 e. The van der Waals surface area contributed by atoms with Crippen LogP contribution in [0.25, 0.3) is 0 Å². The van der Waals surface area contributed by atoms with E-state index >= 15 is 0 Å². The zero-order valence-corrected chi connectivity index (χ0v) is 12.6. The number of rotatable bonds is 5. The summed E-state index contributed by atoms with van der Waals surface area (Å²) >= 11 is 1.84. The fourth-order valence-electron chi connectivity index (χ4n) is 1.34. The van der Waals surface area contributed by atoms with Gasteiger partial charge in [-0.3, -0.25) is 9.67 Å². The number of guanidine groups is 1. The molecular formula is C12H23N5S. The summed E-state index contributed by atoms with van der Waals surface area (Å²) in [4.78, 5) is 4.21. The molecular weight excluding hydrogens is 246 g/mol. The molecule has 0 saturated heterocycles. The Kier molecular flexibility index (Phi) is 5.53. The van der Waals surface area contributed by atoms with E-state index in [0.29, 0.717) is 0 Å². The summed E-state index contributed by atoms with van der Waals surface area (Å²) in [6.45, 7) is 6.01. The molecule has 0 fully saturated rings. The summed E-state index contributed by atoms with van der Waals surface area (Å²) in [6, 6.07) is 1.99. The lowest BCUT2D eigenvalue weighted by Gasteiger charge is -2.23. The first kappa shape index (κ1) is 14.9. The number of thioether (sulfide) groups is 1. The van der Waals surface area contributed by atoms with E-state index in [1.807, 2.05) is 29.6 Å². The lowest BCUT2D eigenvalue weighted by molar-refractivity contribution is 0.652. The van der Waals surface area contributed by atoms with Crippen molar-refractivity contribution in [2.75, 3.05) is 19.8 Å². The van der Waals surface area contributed by atoms with Crippen molar-refractivity contribution in [3.05, 3.63) is 18.0 Å². The van der Waals surface area contributed by atoms with Crippen molar-refractivity contribution in [1.82, 2.24) is 20.4 Å². The molecule has 0 spiro atoms. The summed E-state index contributed by atoms with van der Waals surface area (Å²) in [7, 11) is 3.72. The Labute approximate surface area is 113 Å². The van der Waals surface area contributed by atoms with Gasteiger partial charge in [-0.15, -0.1) is 0 Å². The molecule has 18 heavy (non-hydrogen) atoms. The lowest BCUT2D eigenvalue weighted by Crippen LogP contribution is -2.43. The number of aryl methyl sites for hydroxylation is 1. The Balaban J connectivity index is 2.42. The van der Waals surface area contributed by atoms with Crippen molar-refractivity contribution in [3.8, 4) is 0 Å². The van der Waals surface area contributed by atoms with Crippen LogP contribution in [-0.2, 0) is 13.6 Å². The van der Waals surface area contributed by atoms with E-state index in [9.17, 15) is 0 Å². The van der Waals surface area contributed by atoms with Gasteiger partial charge in [0.2, 0.25) is 0 Å². The van der Waals surface area contributed by atoms with Crippen LogP contribution in [0, 0.1) is 0 Å². The molecule has 0 aliphatic rings. The van der Waals surface area contributed by atoms with Crippen LogP contribution < -0.4 is 10.6 Å². The van der Waals surface area contributed by atoms with Crippen molar-refractivity contribution < 1.29 is 0 Å². The van der Waals surface area contributed by atoms with Crippen molar-refractivity contribution in [1.29, 1.82) is 0 Å². The lowest BCUT2D eigenvalue weighted by atomic mass is 10.2. The first-order valence-corrected chi connectivity index (χ1v) is 7.17. The molecule has 0 atom stereocenters. The second-order valence-electron chi connectivity index (χ2n) is 4.69. The molecule has 0 radical (unpaired) electrons. The Morgan fingerprint density at radius 3 is 2.72 bits per heavy atom. The summed E-state index contributed by atoms with van der Waals surface area (Å²) in [5.41, 5.74) is 1.13. The summed E-state index contributed by atoms with van der Waals surface area (Å²) < 4.78 is 2.05. The largest absolute Gasteiger partial charge is 0.355 e. The van der Waals surface area contributed by atoms with E-state index in [-0.39, 0.29) is 4.75 Å². The number of aliphatic imine (C=N–C) groups is 1. The van der Waals surface area contributed by atoms with Crippen LogP contribution in [0.5, 0.6) is 0 Å². The molecule has 0 aliphatic carbocycles. The van der Waals surface area contributed by atoms with Gasteiger partial charge in [0.25, 0.3) is 0 Å². The highest BCUT2D eigenvalue weighted by atomic mass is 32.2. The third kappa shape index (κ3) is 4.60. The van der Waals surface area contributed by atoms with Gasteiger partial charge in [-0.05, 0) is 26.2 Å². The highest BCUT2D eigenvalue weighted by Crippen LogP contribution is 2.19. The first-order chi connectivity index (χ1) is 8.48. The zero-order valence-electron chi connectivity index (χ0n) is 11.8. The molecule has 102 valence electrons. The molecule has 1 rings (SSSR count). The quantitative estimate of drug-likeness (QED) is 0.623. The fraction of sp³-hybridized carbons (Fsp3) is 0.667. The number of nitrogens with zero attached hydrogens (tertiary/aromatic N) is 3. The van der Waals surface area contributed by atoms with Gasteiger partial charge in [0.05, 0.1) is 12.2 Å². The predicted molar refractivity (Wildman–Crippen MR) is 79.0 cm³/mol. The van der Waals surface area contributed by atoms with Crippen LogP contribution in [0.2, 0.25) is 0 Å². The molecule has 1 aromatic rings. The van der Waals surface area contributed by atoms with Crippen LogP contribution >= 0.6 is 11.8 Å². The number of hydrogen-bond acceptors (Lipinski definition) is 3. The molecule has 0 aromatic carbocycles. The van der Waals surface area contributed by atoms with Crippen LogP contribution in [0.1, 0.15) is 19.5 Å². The average Bonchev–Trinajstić information content (AvgIpc) is 2.75. The summed E-state index contributed by atoms with van der Waals surface area (Å²) in [5.74, 6) is 0.818. The third-order valence-corrected chi connectivity index (χ3v) is 4.07. The van der Waals surface area contributed by atoms with Crippen molar-refractivity contribution in [3.63, 3.8) is 0 Å². The number of hydrogen-bond donors (Lipinski definition) is 2. The maximum atomic E-state index is 4.21. The monoisotopic (exact) mass is 269 g/mol. The van der Waals surface area contributed by atoms with E-state index < -0.39 is 0 Å². The van der Waals surface area contributed by atoms with Crippen LogP contribution in [0.3, 0.4) is 0 Å². The zero-order chi connectivity index (χ0) is 13.6. The molecule has 0 unspecified atom stereocenters. The van der Waals surface area contributed by atoms with E-state index in [1.54, 1.807) is 13.2 Å². The van der Waals surface area contributed by atoms with Crippen molar-refractivity contribution in [2.45, 2.75) is 25.1 Å². The Hall–Kier alpha value is -1.17. The minimum atomic E-state index is 0.199. The molecule has 2 N–H and O–H groups in total. The smallest absolute Gasteiger partial charge is 0.191 e. The average molecular weight is 269 g/mol. The second kappa shape index (κ2) is 6.68. The van der Waals surface area contributed by atoms with E-state index in [0.717, 1.165) is 24.7 Å². The highest BCUT2D eigenvalue weighted by molar-refractivity contribution is 7.99. The van der Waals surface area contributed by atoms with Crippen LogP contribution in [0.4, 0.5) is 0 Å². The minimum Gasteiger partial charge on any atom is -0.355 e. The third-order valence-electron chi connectivity index (χ3n) is 2.82. The fourth-order valence-corrected chi connectivity index (χ4v) is 1.55. The number of aromatic nitrogens is 2. The van der Waals surface area contributed by atoms with Gasteiger partial charge in [0, 0.05) is 31.6 Å². The summed E-state index contributed by atoms with van der Waals surface area (Å²) in [6.07, 6.45) is 3.91. The molecule has 0 saturated carbocycles. The van der Waals surface area contributed by atoms with Gasteiger partial charge in [0.15, 0.2) is 5.96 Å². The van der Waals surface area contributed by atoms with E-state index in [1.165, 1.54) is 0 Å². The van der Waals surface area contributed by atoms with E-state index in [2.05, 4.69) is 40.8 Å². The SMILES string of the molecule is CN=C(NCc1ccnn1C)NCC(C)(C)SC. The normalized spacial score (nSPS) is 12.6. The second-order valence-corrected chi connectivity index (χ2v) is 6.20. The van der Waals surface area contributed by atoms with Gasteiger partial charge in [-0.2, -0.15) is 16.9 Å². The Morgan fingerprint density at radius 1 is 1.50 bits per heavy atom. The molecule has 5 nitrogen and oxygen atoms in total. The Morgan fingerprint density at radius 2 is 2.22 bits per heavy atom. The maximum absolute atomic E-state index is 4.21. The van der Waals surface area contributed by atoms with Gasteiger partial charge in [-0.1, -0.05) is 0 Å². The summed E-state index contributed by atoms with van der Waals surface area (Å²) in [5, 5.41) is 10.7. The molecule has 0 amide bonds. The van der Waals surface area contributed by atoms with Crippen molar-refractivity contribution in [2.24, 2.45) is 12.0 Å². The first-order valence-electron chi connectivity index (χ1n) is 5.95. The molecule has 0 aliphatic heterocycles. The topological polar surface area (TPSA) is 54.2 Å². The van der Waals surface area contributed by atoms with Gasteiger partial charge >= 0.3 is 0 Å². The van der Waals surface area contributed by atoms with E-state index in [4.69, 9.17) is 0 Å². The molecule has 1 heterocycles. The number of nitrogens with one attached hydrogen (secondary N) is 2.